The predicted molar refractivity (Wildman–Crippen MR) is 55.0 cm³/mol. The van der Waals surface area contributed by atoms with Crippen LogP contribution in [-0.2, 0) is 12.8 Å². The summed E-state index contributed by atoms with van der Waals surface area (Å²) in [5, 5.41) is 10.7. The molecule has 1 heterocycles. The Morgan fingerprint density at radius 1 is 1.07 bits per heavy atom. The van der Waals surface area contributed by atoms with Crippen LogP contribution in [0.25, 0.3) is 0 Å². The van der Waals surface area contributed by atoms with Crippen molar-refractivity contribution in [3.05, 3.63) is 47.3 Å². The number of nitrogens with zero attached hydrogens (tertiary/aromatic N) is 2. The normalized spacial score (nSPS) is 10.4. The zero-order valence-electron chi connectivity index (χ0n) is 8.20. The summed E-state index contributed by atoms with van der Waals surface area (Å²) in [6.07, 6.45) is 1.97. The minimum absolute atomic E-state index is 0.951. The lowest BCUT2D eigenvalue weighted by atomic mass is 10.1. The van der Waals surface area contributed by atoms with Crippen molar-refractivity contribution in [3.63, 3.8) is 0 Å². The summed E-state index contributed by atoms with van der Waals surface area (Å²) in [6, 6.07) is 10.4. The molecule has 0 saturated carbocycles. The van der Waals surface area contributed by atoms with E-state index in [-0.39, 0.29) is 0 Å². The Bertz CT molecular complexity index is 392. The lowest BCUT2D eigenvalue weighted by Gasteiger charge is -1.98. The topological polar surface area (TPSA) is 41.6 Å². The van der Waals surface area contributed by atoms with Gasteiger partial charge in [0.15, 0.2) is 0 Å². The quantitative estimate of drug-likeness (QED) is 0.797. The molecule has 72 valence electrons. The van der Waals surface area contributed by atoms with Gasteiger partial charge in [-0.25, -0.2) is 0 Å². The summed E-state index contributed by atoms with van der Waals surface area (Å²) in [7, 11) is 0. The number of aryl methyl sites for hydroxylation is 3. The number of hydrogen-bond acceptors (Lipinski definition) is 2. The zero-order valence-corrected chi connectivity index (χ0v) is 8.20. The average molecular weight is 187 g/mol. The standard InChI is InChI=1S/C11H13N3/c1-9-11(13-14-12-9)8-7-10-5-3-2-4-6-10/h2-6H,7-8H2,1H3,(H,12,13,14). The van der Waals surface area contributed by atoms with Crippen LogP contribution in [0.5, 0.6) is 0 Å². The highest BCUT2D eigenvalue weighted by atomic mass is 15.3. The van der Waals surface area contributed by atoms with Crippen LogP contribution in [0.4, 0.5) is 0 Å². The van der Waals surface area contributed by atoms with Crippen molar-refractivity contribution < 1.29 is 0 Å². The Balaban J connectivity index is 1.99. The van der Waals surface area contributed by atoms with Crippen LogP contribution in [0.2, 0.25) is 0 Å². The van der Waals surface area contributed by atoms with Crippen molar-refractivity contribution >= 4 is 0 Å². The predicted octanol–water partition coefficient (Wildman–Crippen LogP) is 1.90. The molecule has 1 N–H and O–H groups in total. The number of benzene rings is 1. The number of hydrogen-bond donors (Lipinski definition) is 1. The minimum Gasteiger partial charge on any atom is -0.197 e. The van der Waals surface area contributed by atoms with Gasteiger partial charge < -0.3 is 0 Å². The SMILES string of the molecule is Cc1n[nH]nc1CCc1ccccc1. The molecule has 0 saturated heterocycles. The Kier molecular flexibility index (Phi) is 2.58. The third-order valence-electron chi connectivity index (χ3n) is 2.31. The van der Waals surface area contributed by atoms with Gasteiger partial charge in [-0.05, 0) is 25.3 Å². The number of nitrogens with one attached hydrogen (secondary N) is 1. The molecule has 1 aromatic heterocycles. The third kappa shape index (κ3) is 1.99. The van der Waals surface area contributed by atoms with Gasteiger partial charge in [-0.3, -0.25) is 0 Å². The molecule has 0 bridgehead atoms. The van der Waals surface area contributed by atoms with Crippen molar-refractivity contribution in [2.45, 2.75) is 19.8 Å². The Labute approximate surface area is 83.2 Å². The van der Waals surface area contributed by atoms with Crippen LogP contribution >= 0.6 is 0 Å². The maximum absolute atomic E-state index is 4.09. The van der Waals surface area contributed by atoms with E-state index < -0.39 is 0 Å². The van der Waals surface area contributed by atoms with E-state index in [1.165, 1.54) is 5.56 Å². The summed E-state index contributed by atoms with van der Waals surface area (Å²) in [6.45, 7) is 1.98. The van der Waals surface area contributed by atoms with E-state index >= 15 is 0 Å². The van der Waals surface area contributed by atoms with Crippen molar-refractivity contribution in [1.29, 1.82) is 0 Å². The van der Waals surface area contributed by atoms with E-state index in [0.717, 1.165) is 24.2 Å². The van der Waals surface area contributed by atoms with Crippen molar-refractivity contribution in [2.75, 3.05) is 0 Å². The average Bonchev–Trinajstić information content (AvgIpc) is 2.63. The summed E-state index contributed by atoms with van der Waals surface area (Å²) in [5.74, 6) is 0. The second-order valence-electron chi connectivity index (χ2n) is 3.34. The van der Waals surface area contributed by atoms with Gasteiger partial charge in [-0.15, -0.1) is 0 Å². The summed E-state index contributed by atoms with van der Waals surface area (Å²) < 4.78 is 0. The van der Waals surface area contributed by atoms with Crippen LogP contribution in [0.15, 0.2) is 30.3 Å². The molecule has 2 rings (SSSR count). The molecule has 2 aromatic rings. The lowest BCUT2D eigenvalue weighted by molar-refractivity contribution is 0.871. The molecule has 0 fully saturated rings. The van der Waals surface area contributed by atoms with Crippen LogP contribution in [0.3, 0.4) is 0 Å². The van der Waals surface area contributed by atoms with Gasteiger partial charge in [0.05, 0.1) is 11.4 Å². The fourth-order valence-electron chi connectivity index (χ4n) is 1.45. The molecule has 0 aliphatic heterocycles. The lowest BCUT2D eigenvalue weighted by Crippen LogP contribution is -1.93. The first-order valence-electron chi connectivity index (χ1n) is 4.76. The largest absolute Gasteiger partial charge is 0.197 e. The molecule has 0 unspecified atom stereocenters. The number of aromatic nitrogens is 3. The first-order valence-corrected chi connectivity index (χ1v) is 4.76. The fraction of sp³-hybridized carbons (Fsp3) is 0.273. The summed E-state index contributed by atoms with van der Waals surface area (Å²) in [5.41, 5.74) is 3.41. The van der Waals surface area contributed by atoms with E-state index in [9.17, 15) is 0 Å². The molecule has 0 aliphatic carbocycles. The highest BCUT2D eigenvalue weighted by molar-refractivity contribution is 5.17. The number of H-pyrrole nitrogens is 1. The molecule has 0 radical (unpaired) electrons. The first-order chi connectivity index (χ1) is 6.86. The van der Waals surface area contributed by atoms with Gasteiger partial charge in [0.1, 0.15) is 0 Å². The van der Waals surface area contributed by atoms with E-state index in [4.69, 9.17) is 0 Å². The number of aromatic amines is 1. The van der Waals surface area contributed by atoms with Gasteiger partial charge >= 0.3 is 0 Å². The highest BCUT2D eigenvalue weighted by Gasteiger charge is 2.02. The number of rotatable bonds is 3. The minimum atomic E-state index is 0.951. The highest BCUT2D eigenvalue weighted by Crippen LogP contribution is 2.06. The van der Waals surface area contributed by atoms with Gasteiger partial charge in [-0.2, -0.15) is 15.4 Å². The van der Waals surface area contributed by atoms with Crippen LogP contribution in [-0.4, -0.2) is 15.4 Å². The van der Waals surface area contributed by atoms with Crippen molar-refractivity contribution in [1.82, 2.24) is 15.4 Å². The molecule has 0 amide bonds. The van der Waals surface area contributed by atoms with Crippen molar-refractivity contribution in [2.24, 2.45) is 0 Å². The summed E-state index contributed by atoms with van der Waals surface area (Å²) >= 11 is 0. The molecular weight excluding hydrogens is 174 g/mol. The fourth-order valence-corrected chi connectivity index (χ4v) is 1.45. The van der Waals surface area contributed by atoms with E-state index in [0.29, 0.717) is 0 Å². The second-order valence-corrected chi connectivity index (χ2v) is 3.34. The van der Waals surface area contributed by atoms with Gasteiger partial charge in [0.25, 0.3) is 0 Å². The Morgan fingerprint density at radius 3 is 2.50 bits per heavy atom. The van der Waals surface area contributed by atoms with E-state index in [1.807, 2.05) is 13.0 Å². The monoisotopic (exact) mass is 187 g/mol. The maximum Gasteiger partial charge on any atom is 0.0857 e. The molecule has 3 nitrogen and oxygen atoms in total. The molecule has 1 aromatic carbocycles. The van der Waals surface area contributed by atoms with Crippen LogP contribution in [0.1, 0.15) is 17.0 Å². The first kappa shape index (κ1) is 8.94. The van der Waals surface area contributed by atoms with E-state index in [2.05, 4.69) is 39.7 Å². The molecular formula is C11H13N3. The van der Waals surface area contributed by atoms with E-state index in [1.54, 1.807) is 0 Å². The molecule has 0 atom stereocenters. The molecule has 3 heteroatoms. The Morgan fingerprint density at radius 2 is 1.86 bits per heavy atom. The maximum atomic E-state index is 4.09. The van der Waals surface area contributed by atoms with Gasteiger partial charge in [0, 0.05) is 0 Å². The molecule has 0 spiro atoms. The van der Waals surface area contributed by atoms with Crippen LogP contribution < -0.4 is 0 Å². The molecule has 0 aliphatic rings. The van der Waals surface area contributed by atoms with Crippen LogP contribution in [0, 0.1) is 6.92 Å². The Hall–Kier alpha value is -1.64. The summed E-state index contributed by atoms with van der Waals surface area (Å²) in [4.78, 5) is 0. The zero-order chi connectivity index (χ0) is 9.80. The smallest absolute Gasteiger partial charge is 0.0857 e. The molecule has 14 heavy (non-hydrogen) atoms. The van der Waals surface area contributed by atoms with Gasteiger partial charge in [0.2, 0.25) is 0 Å². The second kappa shape index (κ2) is 4.05. The van der Waals surface area contributed by atoms with Crippen molar-refractivity contribution in [3.8, 4) is 0 Å². The van der Waals surface area contributed by atoms with Gasteiger partial charge in [-0.1, -0.05) is 30.3 Å². The third-order valence-corrected chi connectivity index (χ3v) is 2.31.